The third-order valence-electron chi connectivity index (χ3n) is 14.1. The van der Waals surface area contributed by atoms with E-state index in [1.165, 1.54) is 99.8 Å². The van der Waals surface area contributed by atoms with Crippen LogP contribution in [0.15, 0.2) is 261 Å². The largest absolute Gasteiger partial charge is 0.310 e. The summed E-state index contributed by atoms with van der Waals surface area (Å²) in [6, 6.07) is 95.4. The Morgan fingerprint density at radius 3 is 1.18 bits per heavy atom. The number of benzene rings is 11. The standard InChI is InChI=1S/C67H49N/c1-67(2)63-45-54(35-40-62(63)65-58(41-42-59(66(65)67)52-23-13-6-14-24-52)53-29-27-49(28-30-53)46-17-7-3-8-18-46)57-43-44-64(61-26-16-15-25-60(57)61)68(55-36-31-50(32-37-55)47-19-9-4-10-20-47)56-38-33-51(34-39-56)48-21-11-5-12-22-48/h3-45H,1-2H3. The summed E-state index contributed by atoms with van der Waals surface area (Å²) in [6.45, 7) is 4.84. The van der Waals surface area contributed by atoms with Gasteiger partial charge in [0.25, 0.3) is 0 Å². The van der Waals surface area contributed by atoms with Crippen molar-refractivity contribution >= 4 is 27.8 Å². The zero-order valence-electron chi connectivity index (χ0n) is 38.3. The Labute approximate surface area is 399 Å². The van der Waals surface area contributed by atoms with Crippen LogP contribution in [0.5, 0.6) is 0 Å². The van der Waals surface area contributed by atoms with E-state index >= 15 is 0 Å². The molecule has 0 atom stereocenters. The van der Waals surface area contributed by atoms with Crippen LogP contribution < -0.4 is 4.90 Å². The molecule has 12 rings (SSSR count). The molecule has 0 aromatic heterocycles. The SMILES string of the molecule is CC1(C)c2cc(-c3ccc(N(c4ccc(-c5ccccc5)cc4)c4ccc(-c5ccccc5)cc4)c4ccccc34)ccc2-c2c(-c3ccc(-c4ccccc4)cc3)ccc(-c3ccccc3)c21. The highest BCUT2D eigenvalue weighted by Gasteiger charge is 2.39. The Kier molecular flexibility index (Phi) is 10.3. The predicted molar refractivity (Wildman–Crippen MR) is 289 cm³/mol. The normalized spacial score (nSPS) is 12.4. The first-order valence-electron chi connectivity index (χ1n) is 23.7. The van der Waals surface area contributed by atoms with Crippen molar-refractivity contribution < 1.29 is 0 Å². The molecule has 1 aliphatic carbocycles. The van der Waals surface area contributed by atoms with E-state index in [1.54, 1.807) is 0 Å². The smallest absolute Gasteiger partial charge is 0.0540 e. The summed E-state index contributed by atoms with van der Waals surface area (Å²) in [4.78, 5) is 2.41. The van der Waals surface area contributed by atoms with Gasteiger partial charge in [-0.15, -0.1) is 0 Å². The zero-order chi connectivity index (χ0) is 45.6. The minimum Gasteiger partial charge on any atom is -0.310 e. The van der Waals surface area contributed by atoms with Crippen molar-refractivity contribution in [2.75, 3.05) is 4.90 Å². The number of hydrogen-bond acceptors (Lipinski definition) is 1. The van der Waals surface area contributed by atoms with Gasteiger partial charge in [0.15, 0.2) is 0 Å². The molecule has 0 radical (unpaired) electrons. The zero-order valence-corrected chi connectivity index (χ0v) is 38.3. The van der Waals surface area contributed by atoms with Crippen LogP contribution >= 0.6 is 0 Å². The van der Waals surface area contributed by atoms with Gasteiger partial charge in [-0.05, 0) is 131 Å². The predicted octanol–water partition coefficient (Wildman–Crippen LogP) is 18.6. The van der Waals surface area contributed by atoms with E-state index in [4.69, 9.17) is 0 Å². The average molecular weight is 868 g/mol. The molecule has 0 amide bonds. The molecule has 0 spiro atoms. The molecule has 0 saturated carbocycles. The maximum absolute atomic E-state index is 2.48. The van der Waals surface area contributed by atoms with Crippen molar-refractivity contribution in [2.45, 2.75) is 19.3 Å². The van der Waals surface area contributed by atoms with Gasteiger partial charge < -0.3 is 4.90 Å². The summed E-state index contributed by atoms with van der Waals surface area (Å²) in [5.41, 5.74) is 23.2. The molecule has 0 unspecified atom stereocenters. The fourth-order valence-electron chi connectivity index (χ4n) is 10.7. The molecule has 68 heavy (non-hydrogen) atoms. The Morgan fingerprint density at radius 1 is 0.279 bits per heavy atom. The van der Waals surface area contributed by atoms with Gasteiger partial charge in [-0.25, -0.2) is 0 Å². The van der Waals surface area contributed by atoms with Gasteiger partial charge in [0.05, 0.1) is 5.69 Å². The first kappa shape index (κ1) is 40.9. The van der Waals surface area contributed by atoms with Crippen LogP contribution in [-0.4, -0.2) is 0 Å². The van der Waals surface area contributed by atoms with E-state index in [0.29, 0.717) is 0 Å². The summed E-state index contributed by atoms with van der Waals surface area (Å²) in [5.74, 6) is 0. The number of rotatable bonds is 9. The summed E-state index contributed by atoms with van der Waals surface area (Å²) in [7, 11) is 0. The molecular weight excluding hydrogens is 819 g/mol. The molecule has 1 aliphatic rings. The van der Waals surface area contributed by atoms with Crippen molar-refractivity contribution in [2.24, 2.45) is 0 Å². The van der Waals surface area contributed by atoms with Gasteiger partial charge in [-0.2, -0.15) is 0 Å². The molecule has 11 aromatic rings. The van der Waals surface area contributed by atoms with Crippen molar-refractivity contribution in [1.82, 2.24) is 0 Å². The monoisotopic (exact) mass is 867 g/mol. The first-order chi connectivity index (χ1) is 33.5. The lowest BCUT2D eigenvalue weighted by Gasteiger charge is -2.28. The lowest BCUT2D eigenvalue weighted by atomic mass is 9.77. The van der Waals surface area contributed by atoms with E-state index in [9.17, 15) is 0 Å². The van der Waals surface area contributed by atoms with Crippen LogP contribution in [0.3, 0.4) is 0 Å². The van der Waals surface area contributed by atoms with Gasteiger partial charge in [-0.3, -0.25) is 0 Å². The second-order valence-electron chi connectivity index (χ2n) is 18.4. The molecule has 0 fully saturated rings. The van der Waals surface area contributed by atoms with Crippen LogP contribution in [0.25, 0.3) is 88.7 Å². The van der Waals surface area contributed by atoms with Crippen LogP contribution in [0.1, 0.15) is 25.0 Å². The molecule has 0 aliphatic heterocycles. The lowest BCUT2D eigenvalue weighted by molar-refractivity contribution is 0.662. The Bertz CT molecular complexity index is 3490. The molecule has 0 bridgehead atoms. The quantitative estimate of drug-likeness (QED) is 0.140. The van der Waals surface area contributed by atoms with Crippen molar-refractivity contribution in [1.29, 1.82) is 0 Å². The van der Waals surface area contributed by atoms with Gasteiger partial charge >= 0.3 is 0 Å². The maximum atomic E-state index is 2.48. The number of anilines is 3. The summed E-state index contributed by atoms with van der Waals surface area (Å²) < 4.78 is 0. The summed E-state index contributed by atoms with van der Waals surface area (Å²) in [6.07, 6.45) is 0. The highest BCUT2D eigenvalue weighted by Crippen LogP contribution is 2.56. The second-order valence-corrected chi connectivity index (χ2v) is 18.4. The van der Waals surface area contributed by atoms with Crippen molar-refractivity contribution in [3.05, 3.63) is 272 Å². The summed E-state index contributed by atoms with van der Waals surface area (Å²) >= 11 is 0. The third kappa shape index (κ3) is 7.21. The lowest BCUT2D eigenvalue weighted by Crippen LogP contribution is -2.16. The minimum absolute atomic E-state index is 0.268. The van der Waals surface area contributed by atoms with E-state index in [2.05, 4.69) is 280 Å². The van der Waals surface area contributed by atoms with Gasteiger partial charge in [0, 0.05) is 22.2 Å². The van der Waals surface area contributed by atoms with Crippen molar-refractivity contribution in [3.8, 4) is 77.9 Å². The first-order valence-corrected chi connectivity index (χ1v) is 23.7. The highest BCUT2D eigenvalue weighted by atomic mass is 15.1. The molecule has 1 heteroatoms. The van der Waals surface area contributed by atoms with Gasteiger partial charge in [-0.1, -0.05) is 238 Å². The number of hydrogen-bond donors (Lipinski definition) is 0. The van der Waals surface area contributed by atoms with E-state index < -0.39 is 0 Å². The van der Waals surface area contributed by atoms with E-state index in [1.807, 2.05) is 0 Å². The maximum Gasteiger partial charge on any atom is 0.0540 e. The molecule has 11 aromatic carbocycles. The highest BCUT2D eigenvalue weighted by molar-refractivity contribution is 6.07. The van der Waals surface area contributed by atoms with E-state index in [-0.39, 0.29) is 5.41 Å². The summed E-state index contributed by atoms with van der Waals surface area (Å²) in [5, 5.41) is 2.41. The topological polar surface area (TPSA) is 3.24 Å². The molecule has 0 heterocycles. The fraction of sp³-hybridized carbons (Fsp3) is 0.0448. The average Bonchev–Trinajstić information content (AvgIpc) is 3.65. The third-order valence-corrected chi connectivity index (χ3v) is 14.1. The molecular formula is C67H49N. The van der Waals surface area contributed by atoms with Crippen LogP contribution in [-0.2, 0) is 5.41 Å². The van der Waals surface area contributed by atoms with Crippen molar-refractivity contribution in [3.63, 3.8) is 0 Å². The van der Waals surface area contributed by atoms with Crippen LogP contribution in [0, 0.1) is 0 Å². The molecule has 1 nitrogen and oxygen atoms in total. The fourth-order valence-corrected chi connectivity index (χ4v) is 10.7. The number of fused-ring (bicyclic) bond motifs is 4. The van der Waals surface area contributed by atoms with E-state index in [0.717, 1.165) is 17.1 Å². The Balaban J connectivity index is 0.983. The van der Waals surface area contributed by atoms with Crippen LogP contribution in [0.2, 0.25) is 0 Å². The number of nitrogens with zero attached hydrogens (tertiary/aromatic N) is 1. The van der Waals surface area contributed by atoms with Crippen LogP contribution in [0.4, 0.5) is 17.1 Å². The van der Waals surface area contributed by atoms with Gasteiger partial charge in [0.2, 0.25) is 0 Å². The molecule has 0 N–H and O–H groups in total. The second kappa shape index (κ2) is 17.0. The minimum atomic E-state index is -0.268. The molecule has 0 saturated heterocycles. The Morgan fingerprint density at radius 2 is 0.647 bits per heavy atom. The Hall–Kier alpha value is -8.52. The molecule has 322 valence electrons. The van der Waals surface area contributed by atoms with Gasteiger partial charge in [0.1, 0.15) is 0 Å².